The number of benzene rings is 2. The molecule has 0 bridgehead atoms. The minimum atomic E-state index is -3.78. The molecular formula is C24H31Cl2N3O4S. The Bertz CT molecular complexity index is 1120. The highest BCUT2D eigenvalue weighted by atomic mass is 35.5. The number of amides is 2. The number of sulfonamides is 1. The number of anilines is 1. The van der Waals surface area contributed by atoms with Crippen LogP contribution in [-0.4, -0.2) is 50.5 Å². The van der Waals surface area contributed by atoms with Crippen molar-refractivity contribution >= 4 is 50.7 Å². The van der Waals surface area contributed by atoms with Gasteiger partial charge in [-0.1, -0.05) is 61.3 Å². The number of carbonyl (C=O) groups is 2. The predicted octanol–water partition coefficient (Wildman–Crippen LogP) is 4.40. The van der Waals surface area contributed by atoms with Crippen molar-refractivity contribution in [1.82, 2.24) is 10.2 Å². The number of rotatable bonds is 11. The fourth-order valence-electron chi connectivity index (χ4n) is 3.56. The van der Waals surface area contributed by atoms with Gasteiger partial charge in [0.05, 0.1) is 11.9 Å². The topological polar surface area (TPSA) is 86.8 Å². The highest BCUT2D eigenvalue weighted by Crippen LogP contribution is 2.26. The zero-order valence-corrected chi connectivity index (χ0v) is 22.2. The molecule has 186 valence electrons. The second kappa shape index (κ2) is 12.4. The van der Waals surface area contributed by atoms with Crippen molar-refractivity contribution in [3.05, 3.63) is 63.6 Å². The van der Waals surface area contributed by atoms with Gasteiger partial charge in [0.25, 0.3) is 0 Å². The lowest BCUT2D eigenvalue weighted by Crippen LogP contribution is -2.52. The van der Waals surface area contributed by atoms with Gasteiger partial charge in [0.15, 0.2) is 0 Å². The summed E-state index contributed by atoms with van der Waals surface area (Å²) in [6.45, 7) is 5.55. The molecule has 0 unspecified atom stereocenters. The van der Waals surface area contributed by atoms with E-state index in [2.05, 4.69) is 5.32 Å². The number of aryl methyl sites for hydroxylation is 1. The van der Waals surface area contributed by atoms with Crippen LogP contribution in [0.1, 0.15) is 37.8 Å². The molecule has 2 amide bonds. The zero-order chi connectivity index (χ0) is 25.5. The van der Waals surface area contributed by atoms with Gasteiger partial charge in [-0.25, -0.2) is 8.42 Å². The summed E-state index contributed by atoms with van der Waals surface area (Å²) in [7, 11) is -3.78. The third-order valence-electron chi connectivity index (χ3n) is 5.35. The van der Waals surface area contributed by atoms with Gasteiger partial charge in [0.2, 0.25) is 21.8 Å². The van der Waals surface area contributed by atoms with Gasteiger partial charge in [0, 0.05) is 23.1 Å². The van der Waals surface area contributed by atoms with Crippen molar-refractivity contribution in [2.24, 2.45) is 0 Å². The van der Waals surface area contributed by atoms with Crippen molar-refractivity contribution in [3.63, 3.8) is 0 Å². The van der Waals surface area contributed by atoms with Gasteiger partial charge in [-0.05, 0) is 49.1 Å². The van der Waals surface area contributed by atoms with Gasteiger partial charge in [0.1, 0.15) is 12.6 Å². The number of nitrogens with zero attached hydrogens (tertiary/aromatic N) is 2. The quantitative estimate of drug-likeness (QED) is 0.469. The lowest BCUT2D eigenvalue weighted by molar-refractivity contribution is -0.140. The number of halogens is 2. The molecule has 0 spiro atoms. The van der Waals surface area contributed by atoms with Crippen molar-refractivity contribution in [1.29, 1.82) is 0 Å². The van der Waals surface area contributed by atoms with Crippen LogP contribution < -0.4 is 9.62 Å². The number of nitrogens with one attached hydrogen (secondary N) is 1. The number of hydrogen-bond donors (Lipinski definition) is 1. The molecule has 0 saturated heterocycles. The molecule has 7 nitrogen and oxygen atoms in total. The second-order valence-corrected chi connectivity index (χ2v) is 10.8. The molecule has 34 heavy (non-hydrogen) atoms. The van der Waals surface area contributed by atoms with Crippen LogP contribution in [0.15, 0.2) is 42.5 Å². The van der Waals surface area contributed by atoms with E-state index in [0.29, 0.717) is 39.8 Å². The molecule has 0 aliphatic rings. The molecular weight excluding hydrogens is 497 g/mol. The monoisotopic (exact) mass is 527 g/mol. The first-order valence-electron chi connectivity index (χ1n) is 11.0. The van der Waals surface area contributed by atoms with E-state index in [1.54, 1.807) is 56.3 Å². The summed E-state index contributed by atoms with van der Waals surface area (Å²) in [5, 5.41) is 3.63. The van der Waals surface area contributed by atoms with Crippen LogP contribution in [0.5, 0.6) is 0 Å². The highest BCUT2D eigenvalue weighted by molar-refractivity contribution is 7.92. The largest absolute Gasteiger partial charge is 0.354 e. The Morgan fingerprint density at radius 1 is 1.09 bits per heavy atom. The Morgan fingerprint density at radius 3 is 2.32 bits per heavy atom. The molecule has 0 heterocycles. The van der Waals surface area contributed by atoms with E-state index in [9.17, 15) is 18.0 Å². The van der Waals surface area contributed by atoms with Crippen LogP contribution >= 0.6 is 23.2 Å². The van der Waals surface area contributed by atoms with Crippen molar-refractivity contribution < 1.29 is 18.0 Å². The normalized spacial score (nSPS) is 12.2. The van der Waals surface area contributed by atoms with Crippen LogP contribution in [0.2, 0.25) is 10.0 Å². The minimum absolute atomic E-state index is 0.0261. The van der Waals surface area contributed by atoms with Crippen molar-refractivity contribution in [3.8, 4) is 0 Å². The van der Waals surface area contributed by atoms with E-state index in [1.807, 2.05) is 6.92 Å². The molecule has 2 rings (SSSR count). The maximum absolute atomic E-state index is 13.6. The number of para-hydroxylation sites is 1. The summed E-state index contributed by atoms with van der Waals surface area (Å²) in [6.07, 6.45) is 2.14. The molecule has 0 aliphatic heterocycles. The van der Waals surface area contributed by atoms with Crippen LogP contribution in [0.4, 0.5) is 5.69 Å². The Morgan fingerprint density at radius 2 is 1.76 bits per heavy atom. The van der Waals surface area contributed by atoms with Gasteiger partial charge in [-0.3, -0.25) is 13.9 Å². The lowest BCUT2D eigenvalue weighted by atomic mass is 10.1. The van der Waals surface area contributed by atoms with Gasteiger partial charge in [-0.2, -0.15) is 0 Å². The summed E-state index contributed by atoms with van der Waals surface area (Å²) in [5.74, 6) is -0.817. The maximum atomic E-state index is 13.6. The second-order valence-electron chi connectivity index (χ2n) is 8.03. The zero-order valence-electron chi connectivity index (χ0n) is 19.8. The highest BCUT2D eigenvalue weighted by Gasteiger charge is 2.32. The average molecular weight is 529 g/mol. The van der Waals surface area contributed by atoms with E-state index in [1.165, 1.54) is 4.90 Å². The Balaban J connectivity index is 2.47. The minimum Gasteiger partial charge on any atom is -0.354 e. The molecule has 0 fully saturated rings. The number of hydrogen-bond acceptors (Lipinski definition) is 4. The first kappa shape index (κ1) is 28.0. The van der Waals surface area contributed by atoms with Gasteiger partial charge < -0.3 is 10.2 Å². The maximum Gasteiger partial charge on any atom is 0.244 e. The van der Waals surface area contributed by atoms with Crippen LogP contribution in [0, 0.1) is 6.92 Å². The predicted molar refractivity (Wildman–Crippen MR) is 138 cm³/mol. The first-order valence-corrected chi connectivity index (χ1v) is 13.6. The van der Waals surface area contributed by atoms with E-state index >= 15 is 0 Å². The summed E-state index contributed by atoms with van der Waals surface area (Å²) >= 11 is 12.4. The third kappa shape index (κ3) is 7.35. The SMILES string of the molecule is CCCNC(=O)[C@@H](CC)N(Cc1ccc(Cl)cc1Cl)C(=O)CN(c1ccccc1C)S(C)(=O)=O. The van der Waals surface area contributed by atoms with Crippen LogP contribution in [0.25, 0.3) is 0 Å². The fraction of sp³-hybridized carbons (Fsp3) is 0.417. The summed E-state index contributed by atoms with van der Waals surface area (Å²) in [4.78, 5) is 27.9. The van der Waals surface area contributed by atoms with E-state index in [-0.39, 0.29) is 12.5 Å². The average Bonchev–Trinajstić information content (AvgIpc) is 2.77. The summed E-state index contributed by atoms with van der Waals surface area (Å²) < 4.78 is 26.4. The molecule has 0 radical (unpaired) electrons. The fourth-order valence-corrected chi connectivity index (χ4v) is 4.93. The van der Waals surface area contributed by atoms with Gasteiger partial charge >= 0.3 is 0 Å². The summed E-state index contributed by atoms with van der Waals surface area (Å²) in [6, 6.07) is 11.0. The Labute approximate surface area is 212 Å². The number of carbonyl (C=O) groups excluding carboxylic acids is 2. The third-order valence-corrected chi connectivity index (χ3v) is 7.07. The summed E-state index contributed by atoms with van der Waals surface area (Å²) in [5.41, 5.74) is 1.72. The molecule has 0 aromatic heterocycles. The lowest BCUT2D eigenvalue weighted by Gasteiger charge is -2.33. The molecule has 1 N–H and O–H groups in total. The molecule has 10 heteroatoms. The van der Waals surface area contributed by atoms with Crippen LogP contribution in [0.3, 0.4) is 0 Å². The molecule has 2 aromatic carbocycles. The molecule has 1 atom stereocenters. The first-order chi connectivity index (χ1) is 16.0. The van der Waals surface area contributed by atoms with E-state index < -0.39 is 28.5 Å². The van der Waals surface area contributed by atoms with E-state index in [4.69, 9.17) is 23.2 Å². The molecule has 0 aliphatic carbocycles. The van der Waals surface area contributed by atoms with Crippen LogP contribution in [-0.2, 0) is 26.2 Å². The molecule has 0 saturated carbocycles. The van der Waals surface area contributed by atoms with Crippen molar-refractivity contribution in [2.45, 2.75) is 46.2 Å². The standard InChI is InChI=1S/C24H31Cl2N3O4S/c1-5-13-27-24(31)21(6-2)28(15-18-11-12-19(25)14-20(18)26)23(30)16-29(34(4,32)33)22-10-8-7-9-17(22)3/h7-12,14,21H,5-6,13,15-16H2,1-4H3,(H,27,31)/t21-/m1/s1. The Kier molecular flexibility index (Phi) is 10.2. The molecule has 2 aromatic rings. The van der Waals surface area contributed by atoms with Gasteiger partial charge in [-0.15, -0.1) is 0 Å². The smallest absolute Gasteiger partial charge is 0.244 e. The van der Waals surface area contributed by atoms with Crippen molar-refractivity contribution in [2.75, 3.05) is 23.7 Å². The van der Waals surface area contributed by atoms with E-state index in [0.717, 1.165) is 17.0 Å². The Hall–Kier alpha value is -2.29.